The van der Waals surface area contributed by atoms with E-state index in [1.54, 1.807) is 0 Å². The van der Waals surface area contributed by atoms with Gasteiger partial charge in [-0.3, -0.25) is 4.79 Å². The van der Waals surface area contributed by atoms with Gasteiger partial charge in [-0.25, -0.2) is 0 Å². The number of nitrogens with one attached hydrogen (secondary N) is 1. The number of amides is 1. The van der Waals surface area contributed by atoms with E-state index in [-0.39, 0.29) is 5.91 Å². The van der Waals surface area contributed by atoms with Crippen molar-refractivity contribution in [1.29, 1.82) is 0 Å². The van der Waals surface area contributed by atoms with Gasteiger partial charge in [0, 0.05) is 6.04 Å². The Balaban J connectivity index is 1.75. The standard InChI is InChI=1S/C17H19NO/c1-12(13-9-10-13)18-17(19)11-15-7-4-6-14-5-2-3-8-16(14)15/h2-8,12-13H,9-11H2,1H3,(H,18,19). The molecule has 0 saturated heterocycles. The summed E-state index contributed by atoms with van der Waals surface area (Å²) in [6, 6.07) is 14.7. The fourth-order valence-electron chi connectivity index (χ4n) is 2.64. The van der Waals surface area contributed by atoms with Crippen LogP contribution in [0, 0.1) is 5.92 Å². The number of carbonyl (C=O) groups is 1. The molecule has 0 bridgehead atoms. The van der Waals surface area contributed by atoms with E-state index in [0.717, 1.165) is 5.56 Å². The topological polar surface area (TPSA) is 29.1 Å². The Morgan fingerprint density at radius 2 is 1.95 bits per heavy atom. The molecule has 0 radical (unpaired) electrons. The van der Waals surface area contributed by atoms with Gasteiger partial charge >= 0.3 is 0 Å². The second kappa shape index (κ2) is 5.04. The Kier molecular flexibility index (Phi) is 3.24. The second-order valence-corrected chi connectivity index (χ2v) is 5.51. The number of hydrogen-bond acceptors (Lipinski definition) is 1. The average Bonchev–Trinajstić information content (AvgIpc) is 3.23. The van der Waals surface area contributed by atoms with Crippen LogP contribution in [-0.2, 0) is 11.2 Å². The van der Waals surface area contributed by atoms with Gasteiger partial charge in [-0.05, 0) is 42.0 Å². The quantitative estimate of drug-likeness (QED) is 0.890. The Hall–Kier alpha value is -1.83. The zero-order chi connectivity index (χ0) is 13.2. The maximum atomic E-state index is 12.1. The Bertz CT molecular complexity index is 596. The largest absolute Gasteiger partial charge is 0.353 e. The maximum Gasteiger partial charge on any atom is 0.224 e. The monoisotopic (exact) mass is 253 g/mol. The first kappa shape index (κ1) is 12.2. The third kappa shape index (κ3) is 2.78. The van der Waals surface area contributed by atoms with Gasteiger partial charge in [0.2, 0.25) is 5.91 Å². The van der Waals surface area contributed by atoms with E-state index in [1.807, 2.05) is 24.3 Å². The van der Waals surface area contributed by atoms with Crippen molar-refractivity contribution in [3.8, 4) is 0 Å². The third-order valence-electron chi connectivity index (χ3n) is 3.95. The summed E-state index contributed by atoms with van der Waals surface area (Å²) in [5.74, 6) is 0.840. The van der Waals surface area contributed by atoms with E-state index < -0.39 is 0 Å². The van der Waals surface area contributed by atoms with Crippen LogP contribution in [0.3, 0.4) is 0 Å². The molecule has 1 aliphatic rings. The number of fused-ring (bicyclic) bond motifs is 1. The minimum Gasteiger partial charge on any atom is -0.353 e. The van der Waals surface area contributed by atoms with Gasteiger partial charge in [-0.15, -0.1) is 0 Å². The highest BCUT2D eigenvalue weighted by Gasteiger charge is 2.28. The zero-order valence-electron chi connectivity index (χ0n) is 11.2. The van der Waals surface area contributed by atoms with Crippen LogP contribution in [-0.4, -0.2) is 11.9 Å². The van der Waals surface area contributed by atoms with Crippen molar-refractivity contribution < 1.29 is 4.79 Å². The molecule has 1 N–H and O–H groups in total. The molecule has 0 heterocycles. The highest BCUT2D eigenvalue weighted by atomic mass is 16.1. The molecule has 19 heavy (non-hydrogen) atoms. The summed E-state index contributed by atoms with van der Waals surface area (Å²) >= 11 is 0. The van der Waals surface area contributed by atoms with Crippen molar-refractivity contribution in [1.82, 2.24) is 5.32 Å². The van der Waals surface area contributed by atoms with Crippen LogP contribution < -0.4 is 5.32 Å². The maximum absolute atomic E-state index is 12.1. The molecule has 1 fully saturated rings. The lowest BCUT2D eigenvalue weighted by molar-refractivity contribution is -0.121. The van der Waals surface area contributed by atoms with Crippen molar-refractivity contribution in [2.75, 3.05) is 0 Å². The molecule has 1 unspecified atom stereocenters. The van der Waals surface area contributed by atoms with Crippen LogP contribution in [0.4, 0.5) is 0 Å². The smallest absolute Gasteiger partial charge is 0.224 e. The lowest BCUT2D eigenvalue weighted by Gasteiger charge is -2.13. The van der Waals surface area contributed by atoms with Crippen LogP contribution >= 0.6 is 0 Å². The lowest BCUT2D eigenvalue weighted by Crippen LogP contribution is -2.35. The van der Waals surface area contributed by atoms with Crippen LogP contribution in [0.25, 0.3) is 10.8 Å². The molecule has 1 aliphatic carbocycles. The fourth-order valence-corrected chi connectivity index (χ4v) is 2.64. The molecule has 2 nitrogen and oxygen atoms in total. The van der Waals surface area contributed by atoms with Crippen molar-refractivity contribution in [3.05, 3.63) is 48.0 Å². The van der Waals surface area contributed by atoms with Crippen LogP contribution in [0.5, 0.6) is 0 Å². The highest BCUT2D eigenvalue weighted by Crippen LogP contribution is 2.32. The molecule has 0 aliphatic heterocycles. The van der Waals surface area contributed by atoms with E-state index in [4.69, 9.17) is 0 Å². The molecular weight excluding hydrogens is 234 g/mol. The molecule has 98 valence electrons. The molecule has 3 rings (SSSR count). The van der Waals surface area contributed by atoms with Gasteiger partial charge in [-0.2, -0.15) is 0 Å². The number of hydrogen-bond donors (Lipinski definition) is 1. The summed E-state index contributed by atoms with van der Waals surface area (Å²) in [6.45, 7) is 2.11. The summed E-state index contributed by atoms with van der Waals surface area (Å²) in [6.07, 6.45) is 2.99. The minimum atomic E-state index is 0.135. The first-order valence-corrected chi connectivity index (χ1v) is 7.00. The van der Waals surface area contributed by atoms with Crippen LogP contribution in [0.1, 0.15) is 25.3 Å². The lowest BCUT2D eigenvalue weighted by atomic mass is 10.0. The van der Waals surface area contributed by atoms with Crippen molar-refractivity contribution >= 4 is 16.7 Å². The SMILES string of the molecule is CC(NC(=O)Cc1cccc2ccccc12)C1CC1. The average molecular weight is 253 g/mol. The Labute approximate surface area is 113 Å². The summed E-state index contributed by atoms with van der Waals surface area (Å²) in [5, 5.41) is 5.49. The number of benzene rings is 2. The van der Waals surface area contributed by atoms with E-state index in [0.29, 0.717) is 18.4 Å². The molecule has 0 spiro atoms. The molecule has 1 saturated carbocycles. The summed E-state index contributed by atoms with van der Waals surface area (Å²) < 4.78 is 0. The predicted octanol–water partition coefficient (Wildman–Crippen LogP) is 3.30. The zero-order valence-corrected chi connectivity index (χ0v) is 11.2. The predicted molar refractivity (Wildman–Crippen MR) is 78.0 cm³/mol. The van der Waals surface area contributed by atoms with Crippen molar-refractivity contribution in [2.45, 2.75) is 32.2 Å². The van der Waals surface area contributed by atoms with E-state index in [1.165, 1.54) is 23.6 Å². The van der Waals surface area contributed by atoms with Crippen LogP contribution in [0.15, 0.2) is 42.5 Å². The number of carbonyl (C=O) groups excluding carboxylic acids is 1. The first-order valence-electron chi connectivity index (χ1n) is 7.00. The Morgan fingerprint density at radius 1 is 1.21 bits per heavy atom. The van der Waals surface area contributed by atoms with Gasteiger partial charge < -0.3 is 5.32 Å². The summed E-state index contributed by atoms with van der Waals surface area (Å²) in [7, 11) is 0. The van der Waals surface area contributed by atoms with E-state index >= 15 is 0 Å². The highest BCUT2D eigenvalue weighted by molar-refractivity contribution is 5.90. The van der Waals surface area contributed by atoms with Gasteiger partial charge in [0.1, 0.15) is 0 Å². The molecular formula is C17H19NO. The fraction of sp³-hybridized carbons (Fsp3) is 0.353. The molecule has 1 atom stereocenters. The molecule has 1 amide bonds. The molecule has 2 aromatic rings. The van der Waals surface area contributed by atoms with Gasteiger partial charge in [0.15, 0.2) is 0 Å². The van der Waals surface area contributed by atoms with Crippen molar-refractivity contribution in [3.63, 3.8) is 0 Å². The van der Waals surface area contributed by atoms with Gasteiger partial charge in [-0.1, -0.05) is 42.5 Å². The molecule has 0 aromatic heterocycles. The summed E-state index contributed by atoms with van der Waals surface area (Å²) in [5.41, 5.74) is 1.11. The third-order valence-corrected chi connectivity index (χ3v) is 3.95. The second-order valence-electron chi connectivity index (χ2n) is 5.51. The van der Waals surface area contributed by atoms with Gasteiger partial charge in [0.05, 0.1) is 6.42 Å². The summed E-state index contributed by atoms with van der Waals surface area (Å²) in [4.78, 5) is 12.1. The van der Waals surface area contributed by atoms with E-state index in [9.17, 15) is 4.79 Å². The molecule has 2 heteroatoms. The van der Waals surface area contributed by atoms with Crippen molar-refractivity contribution in [2.24, 2.45) is 5.92 Å². The van der Waals surface area contributed by atoms with E-state index in [2.05, 4.69) is 30.4 Å². The van der Waals surface area contributed by atoms with Gasteiger partial charge in [0.25, 0.3) is 0 Å². The minimum absolute atomic E-state index is 0.135. The molecule has 2 aromatic carbocycles. The normalized spacial score (nSPS) is 16.3. The van der Waals surface area contributed by atoms with Crippen LogP contribution in [0.2, 0.25) is 0 Å². The Morgan fingerprint density at radius 3 is 2.74 bits per heavy atom. The number of rotatable bonds is 4. The first-order chi connectivity index (χ1) is 9.24.